The van der Waals surface area contributed by atoms with E-state index < -0.39 is 10.0 Å². The topological polar surface area (TPSA) is 96.9 Å². The number of nitrogens with zero attached hydrogens (tertiary/aromatic N) is 3. The molecule has 0 spiro atoms. The van der Waals surface area contributed by atoms with Gasteiger partial charge in [-0.15, -0.1) is 0 Å². The molecule has 0 bridgehead atoms. The standard InChI is InChI=1S/C12H15N5O2S/c1-2-4-16-11-3-5-13-8-12(11)20(18,19)17-10-6-14-9-15-7-10/h3,5-9,17H,2,4H2,1H3,(H,13,16). The van der Waals surface area contributed by atoms with Crippen LogP contribution in [0.15, 0.2) is 42.1 Å². The predicted molar refractivity (Wildman–Crippen MR) is 75.9 cm³/mol. The van der Waals surface area contributed by atoms with Gasteiger partial charge in [-0.1, -0.05) is 6.92 Å². The van der Waals surface area contributed by atoms with Crippen LogP contribution in [0.25, 0.3) is 0 Å². The van der Waals surface area contributed by atoms with Crippen LogP contribution in [-0.2, 0) is 10.0 Å². The van der Waals surface area contributed by atoms with Gasteiger partial charge in [0.1, 0.15) is 11.2 Å². The molecular formula is C12H15N5O2S. The second-order valence-corrected chi connectivity index (χ2v) is 5.68. The minimum absolute atomic E-state index is 0.0947. The molecule has 0 saturated carbocycles. The van der Waals surface area contributed by atoms with Crippen LogP contribution in [0.2, 0.25) is 0 Å². The molecule has 7 nitrogen and oxygen atoms in total. The highest BCUT2D eigenvalue weighted by atomic mass is 32.2. The van der Waals surface area contributed by atoms with Gasteiger partial charge in [-0.2, -0.15) is 0 Å². The lowest BCUT2D eigenvalue weighted by Crippen LogP contribution is -2.16. The van der Waals surface area contributed by atoms with Crippen molar-refractivity contribution in [2.24, 2.45) is 0 Å². The van der Waals surface area contributed by atoms with Gasteiger partial charge in [-0.25, -0.2) is 18.4 Å². The number of nitrogens with one attached hydrogen (secondary N) is 2. The Hall–Kier alpha value is -2.22. The summed E-state index contributed by atoms with van der Waals surface area (Å²) in [6, 6.07) is 1.63. The maximum atomic E-state index is 12.3. The summed E-state index contributed by atoms with van der Waals surface area (Å²) < 4.78 is 27.1. The first-order chi connectivity index (χ1) is 9.63. The van der Waals surface area contributed by atoms with Crippen molar-refractivity contribution >= 4 is 21.4 Å². The highest BCUT2D eigenvalue weighted by molar-refractivity contribution is 7.92. The Morgan fingerprint density at radius 2 is 1.90 bits per heavy atom. The van der Waals surface area contributed by atoms with Crippen LogP contribution in [0, 0.1) is 0 Å². The molecule has 0 amide bonds. The monoisotopic (exact) mass is 293 g/mol. The Balaban J connectivity index is 2.30. The summed E-state index contributed by atoms with van der Waals surface area (Å²) in [4.78, 5) is 11.5. The SMILES string of the molecule is CCCNc1ccncc1S(=O)(=O)Nc1cncnc1. The molecule has 8 heteroatoms. The smallest absolute Gasteiger partial charge is 0.265 e. The lowest BCUT2D eigenvalue weighted by atomic mass is 10.4. The highest BCUT2D eigenvalue weighted by Crippen LogP contribution is 2.21. The van der Waals surface area contributed by atoms with Gasteiger partial charge >= 0.3 is 0 Å². The van der Waals surface area contributed by atoms with Crippen molar-refractivity contribution in [2.45, 2.75) is 18.2 Å². The molecule has 0 saturated heterocycles. The third-order valence-corrected chi connectivity index (χ3v) is 3.86. The molecule has 0 aromatic carbocycles. The van der Waals surface area contributed by atoms with Crippen LogP contribution in [0.4, 0.5) is 11.4 Å². The van der Waals surface area contributed by atoms with Crippen LogP contribution in [-0.4, -0.2) is 29.9 Å². The molecule has 0 aliphatic rings. The number of hydrogen-bond acceptors (Lipinski definition) is 6. The molecular weight excluding hydrogens is 278 g/mol. The van der Waals surface area contributed by atoms with E-state index in [0.29, 0.717) is 17.9 Å². The summed E-state index contributed by atoms with van der Waals surface area (Å²) in [6.07, 6.45) is 7.85. The molecule has 2 rings (SSSR count). The van der Waals surface area contributed by atoms with Crippen molar-refractivity contribution < 1.29 is 8.42 Å². The molecule has 20 heavy (non-hydrogen) atoms. The molecule has 2 heterocycles. The number of aromatic nitrogens is 3. The van der Waals surface area contributed by atoms with Crippen molar-refractivity contribution in [1.29, 1.82) is 0 Å². The Morgan fingerprint density at radius 1 is 1.15 bits per heavy atom. The normalized spacial score (nSPS) is 11.1. The number of anilines is 2. The van der Waals surface area contributed by atoms with Gasteiger partial charge in [0.25, 0.3) is 10.0 Å². The lowest BCUT2D eigenvalue weighted by molar-refractivity contribution is 0.601. The van der Waals surface area contributed by atoms with E-state index >= 15 is 0 Å². The molecule has 0 radical (unpaired) electrons. The minimum Gasteiger partial charge on any atom is -0.384 e. The molecule has 0 aliphatic carbocycles. The number of pyridine rings is 1. The first kappa shape index (κ1) is 14.2. The molecule has 2 N–H and O–H groups in total. The fraction of sp³-hybridized carbons (Fsp3) is 0.250. The van der Waals surface area contributed by atoms with Gasteiger partial charge in [-0.3, -0.25) is 9.71 Å². The fourth-order valence-electron chi connectivity index (χ4n) is 1.56. The van der Waals surface area contributed by atoms with Crippen LogP contribution < -0.4 is 10.0 Å². The molecule has 0 atom stereocenters. The number of hydrogen-bond donors (Lipinski definition) is 2. The summed E-state index contributed by atoms with van der Waals surface area (Å²) in [5, 5.41) is 3.06. The van der Waals surface area contributed by atoms with Gasteiger partial charge in [0.05, 0.1) is 23.8 Å². The first-order valence-electron chi connectivity index (χ1n) is 6.09. The molecule has 0 aliphatic heterocycles. The Bertz CT molecular complexity index is 661. The van der Waals surface area contributed by atoms with E-state index in [0.717, 1.165) is 6.42 Å². The van der Waals surface area contributed by atoms with Gasteiger partial charge in [0.15, 0.2) is 0 Å². The van der Waals surface area contributed by atoms with Gasteiger partial charge in [0.2, 0.25) is 0 Å². The number of sulfonamides is 1. The zero-order valence-electron chi connectivity index (χ0n) is 10.9. The van der Waals surface area contributed by atoms with E-state index in [1.165, 1.54) is 24.9 Å². The quantitative estimate of drug-likeness (QED) is 0.837. The third-order valence-electron chi connectivity index (χ3n) is 2.45. The van der Waals surface area contributed by atoms with E-state index in [4.69, 9.17) is 0 Å². The molecule has 0 unspecified atom stereocenters. The summed E-state index contributed by atoms with van der Waals surface area (Å²) in [7, 11) is -3.73. The third kappa shape index (κ3) is 3.41. The van der Waals surface area contributed by atoms with E-state index in [1.54, 1.807) is 12.3 Å². The zero-order chi connectivity index (χ0) is 14.4. The van der Waals surface area contributed by atoms with Crippen molar-refractivity contribution in [3.8, 4) is 0 Å². The van der Waals surface area contributed by atoms with Crippen LogP contribution in [0.1, 0.15) is 13.3 Å². The van der Waals surface area contributed by atoms with E-state index in [-0.39, 0.29) is 4.90 Å². The lowest BCUT2D eigenvalue weighted by Gasteiger charge is -2.12. The molecule has 2 aromatic rings. The number of rotatable bonds is 6. The van der Waals surface area contributed by atoms with Crippen molar-refractivity contribution in [3.63, 3.8) is 0 Å². The van der Waals surface area contributed by atoms with Gasteiger partial charge in [-0.05, 0) is 12.5 Å². The minimum atomic E-state index is -3.73. The van der Waals surface area contributed by atoms with Crippen LogP contribution >= 0.6 is 0 Å². The van der Waals surface area contributed by atoms with Gasteiger partial charge < -0.3 is 5.32 Å². The molecule has 0 fully saturated rings. The summed E-state index contributed by atoms with van der Waals surface area (Å²) in [5.41, 5.74) is 0.823. The zero-order valence-corrected chi connectivity index (χ0v) is 11.8. The fourth-order valence-corrected chi connectivity index (χ4v) is 2.72. The average molecular weight is 293 g/mol. The summed E-state index contributed by atoms with van der Waals surface area (Å²) in [6.45, 7) is 2.68. The van der Waals surface area contributed by atoms with Crippen molar-refractivity contribution in [3.05, 3.63) is 37.2 Å². The maximum absolute atomic E-state index is 12.3. The second-order valence-electron chi connectivity index (χ2n) is 4.03. The van der Waals surface area contributed by atoms with E-state index in [1.807, 2.05) is 6.92 Å². The summed E-state index contributed by atoms with van der Waals surface area (Å²) >= 11 is 0. The van der Waals surface area contributed by atoms with Crippen molar-refractivity contribution in [1.82, 2.24) is 15.0 Å². The molecule has 2 aromatic heterocycles. The maximum Gasteiger partial charge on any atom is 0.265 e. The highest BCUT2D eigenvalue weighted by Gasteiger charge is 2.19. The largest absolute Gasteiger partial charge is 0.384 e. The molecule has 106 valence electrons. The Kier molecular flexibility index (Phi) is 4.46. The summed E-state index contributed by atoms with van der Waals surface area (Å²) in [5.74, 6) is 0. The second kappa shape index (κ2) is 6.29. The average Bonchev–Trinajstić information content (AvgIpc) is 2.46. The predicted octanol–water partition coefficient (Wildman–Crippen LogP) is 1.49. The van der Waals surface area contributed by atoms with Crippen LogP contribution in [0.3, 0.4) is 0 Å². The van der Waals surface area contributed by atoms with Gasteiger partial charge in [0, 0.05) is 18.9 Å². The van der Waals surface area contributed by atoms with Crippen molar-refractivity contribution in [2.75, 3.05) is 16.6 Å². The first-order valence-corrected chi connectivity index (χ1v) is 7.57. The Labute approximate surface area is 117 Å². The Morgan fingerprint density at radius 3 is 2.60 bits per heavy atom. The van der Waals surface area contributed by atoms with E-state index in [9.17, 15) is 8.42 Å². The van der Waals surface area contributed by atoms with Crippen LogP contribution in [0.5, 0.6) is 0 Å². The van der Waals surface area contributed by atoms with E-state index in [2.05, 4.69) is 25.0 Å².